The molecule has 1 spiro atoms. The van der Waals surface area contributed by atoms with Gasteiger partial charge >= 0.3 is 6.09 Å². The van der Waals surface area contributed by atoms with Gasteiger partial charge in [0.1, 0.15) is 11.6 Å². The zero-order chi connectivity index (χ0) is 13.3. The summed E-state index contributed by atoms with van der Waals surface area (Å²) in [6.07, 6.45) is 1.81. The predicted molar refractivity (Wildman–Crippen MR) is 68.5 cm³/mol. The van der Waals surface area contributed by atoms with Gasteiger partial charge in [-0.2, -0.15) is 0 Å². The highest BCUT2D eigenvalue weighted by molar-refractivity contribution is 5.71. The molecule has 2 aliphatic heterocycles. The highest BCUT2D eigenvalue weighted by atomic mass is 19.1. The molecule has 0 aliphatic carbocycles. The first kappa shape index (κ1) is 12.4. The number of likely N-dealkylation sites (tertiary alicyclic amines) is 1. The van der Waals surface area contributed by atoms with Crippen molar-refractivity contribution < 1.29 is 13.9 Å². The summed E-state index contributed by atoms with van der Waals surface area (Å²) in [6.45, 7) is 3.50. The number of amides is 1. The molecule has 19 heavy (non-hydrogen) atoms. The zero-order valence-corrected chi connectivity index (χ0v) is 10.7. The van der Waals surface area contributed by atoms with Crippen molar-refractivity contribution in [3.63, 3.8) is 0 Å². The van der Waals surface area contributed by atoms with Crippen LogP contribution < -0.4 is 10.1 Å². The summed E-state index contributed by atoms with van der Waals surface area (Å²) < 4.78 is 18.0. The van der Waals surface area contributed by atoms with Crippen LogP contribution in [0.3, 0.4) is 0 Å². The Labute approximate surface area is 111 Å². The van der Waals surface area contributed by atoms with Gasteiger partial charge in [-0.15, -0.1) is 0 Å². The maximum Gasteiger partial charge on any atom is 0.415 e. The molecule has 3 rings (SSSR count). The Hall–Kier alpha value is -1.62. The monoisotopic (exact) mass is 264 g/mol. The van der Waals surface area contributed by atoms with Crippen LogP contribution in [0.15, 0.2) is 24.3 Å². The minimum atomic E-state index is -0.338. The van der Waals surface area contributed by atoms with E-state index in [0.717, 1.165) is 39.0 Å². The third-order valence-electron chi connectivity index (χ3n) is 4.05. The van der Waals surface area contributed by atoms with Crippen LogP contribution in [-0.4, -0.2) is 37.2 Å². The van der Waals surface area contributed by atoms with E-state index in [1.54, 1.807) is 4.90 Å². The van der Waals surface area contributed by atoms with Crippen LogP contribution >= 0.6 is 0 Å². The van der Waals surface area contributed by atoms with Gasteiger partial charge in [0.15, 0.2) is 0 Å². The summed E-state index contributed by atoms with van der Waals surface area (Å²) in [5.41, 5.74) is 0.238. The van der Waals surface area contributed by atoms with Crippen molar-refractivity contribution >= 4 is 6.09 Å². The van der Waals surface area contributed by atoms with E-state index in [9.17, 15) is 9.18 Å². The van der Waals surface area contributed by atoms with Crippen molar-refractivity contribution in [2.75, 3.05) is 26.2 Å². The summed E-state index contributed by atoms with van der Waals surface area (Å²) in [7, 11) is 0. The van der Waals surface area contributed by atoms with Gasteiger partial charge in [-0.25, -0.2) is 9.18 Å². The van der Waals surface area contributed by atoms with Crippen molar-refractivity contribution in [2.45, 2.75) is 12.8 Å². The Morgan fingerprint density at radius 1 is 1.32 bits per heavy atom. The van der Waals surface area contributed by atoms with Gasteiger partial charge in [0.2, 0.25) is 0 Å². The zero-order valence-electron chi connectivity index (χ0n) is 10.7. The van der Waals surface area contributed by atoms with E-state index >= 15 is 0 Å². The highest BCUT2D eigenvalue weighted by Crippen LogP contribution is 2.36. The summed E-state index contributed by atoms with van der Waals surface area (Å²) in [6, 6.07) is 5.51. The Morgan fingerprint density at radius 3 is 2.79 bits per heavy atom. The maximum atomic E-state index is 12.8. The Bertz CT molecular complexity index is 469. The van der Waals surface area contributed by atoms with E-state index in [1.165, 1.54) is 24.3 Å². The number of carbonyl (C=O) groups excluding carboxylic acids is 1. The molecule has 1 atom stereocenters. The number of hydrogen-bond donors (Lipinski definition) is 1. The van der Waals surface area contributed by atoms with Gasteiger partial charge in [-0.3, -0.25) is 0 Å². The lowest BCUT2D eigenvalue weighted by molar-refractivity contribution is 0.157. The van der Waals surface area contributed by atoms with Crippen LogP contribution in [0.25, 0.3) is 0 Å². The molecular formula is C14H17FN2O2. The van der Waals surface area contributed by atoms with E-state index in [-0.39, 0.29) is 17.3 Å². The van der Waals surface area contributed by atoms with Crippen LogP contribution in [0.2, 0.25) is 0 Å². The normalized spacial score (nSPS) is 26.1. The average Bonchev–Trinajstić information content (AvgIpc) is 3.03. The van der Waals surface area contributed by atoms with Gasteiger partial charge in [-0.05, 0) is 43.7 Å². The summed E-state index contributed by atoms with van der Waals surface area (Å²) >= 11 is 0. The van der Waals surface area contributed by atoms with Crippen LogP contribution in [0, 0.1) is 11.2 Å². The predicted octanol–water partition coefficient (Wildman–Crippen LogP) is 2.01. The molecule has 102 valence electrons. The third kappa shape index (κ3) is 2.56. The Balaban J connectivity index is 1.61. The van der Waals surface area contributed by atoms with Crippen LogP contribution in [-0.2, 0) is 0 Å². The standard InChI is InChI=1S/C14H17FN2O2/c15-11-1-3-12(4-2-11)19-13(18)17-8-6-14(10-17)5-7-16-9-14/h1-4,16H,5-10H2. The quantitative estimate of drug-likeness (QED) is 0.843. The number of carbonyl (C=O) groups is 1. The molecule has 5 heteroatoms. The lowest BCUT2D eigenvalue weighted by Gasteiger charge is -2.22. The summed E-state index contributed by atoms with van der Waals surface area (Å²) in [4.78, 5) is 13.8. The molecular weight excluding hydrogens is 247 g/mol. The van der Waals surface area contributed by atoms with Crippen molar-refractivity contribution in [2.24, 2.45) is 5.41 Å². The molecule has 0 aromatic heterocycles. The minimum absolute atomic E-state index is 0.238. The van der Waals surface area contributed by atoms with E-state index < -0.39 is 0 Å². The number of hydrogen-bond acceptors (Lipinski definition) is 3. The van der Waals surface area contributed by atoms with Gasteiger partial charge in [0.05, 0.1) is 0 Å². The molecule has 0 saturated carbocycles. The van der Waals surface area contributed by atoms with E-state index in [2.05, 4.69) is 5.32 Å². The smallest absolute Gasteiger partial charge is 0.410 e. The lowest BCUT2D eigenvalue weighted by Crippen LogP contribution is -2.35. The fourth-order valence-corrected chi connectivity index (χ4v) is 2.90. The molecule has 2 saturated heterocycles. The van der Waals surface area contributed by atoms with Crippen LogP contribution in [0.4, 0.5) is 9.18 Å². The molecule has 0 bridgehead atoms. The number of rotatable bonds is 1. The first-order valence-corrected chi connectivity index (χ1v) is 6.60. The van der Waals surface area contributed by atoms with Crippen LogP contribution in [0.5, 0.6) is 5.75 Å². The topological polar surface area (TPSA) is 41.6 Å². The van der Waals surface area contributed by atoms with E-state index in [0.29, 0.717) is 5.75 Å². The van der Waals surface area contributed by atoms with Crippen molar-refractivity contribution in [3.8, 4) is 5.75 Å². The number of nitrogens with one attached hydrogen (secondary N) is 1. The molecule has 0 radical (unpaired) electrons. The second-order valence-electron chi connectivity index (χ2n) is 5.42. The second kappa shape index (κ2) is 4.81. The molecule has 1 N–H and O–H groups in total. The van der Waals surface area contributed by atoms with Crippen molar-refractivity contribution in [1.29, 1.82) is 0 Å². The molecule has 1 amide bonds. The molecule has 1 aromatic carbocycles. The van der Waals surface area contributed by atoms with Gasteiger partial charge in [0.25, 0.3) is 0 Å². The SMILES string of the molecule is O=C(Oc1ccc(F)cc1)N1CCC2(CCNC2)C1. The first-order chi connectivity index (χ1) is 9.17. The average molecular weight is 264 g/mol. The minimum Gasteiger partial charge on any atom is -0.410 e. The summed E-state index contributed by atoms with van der Waals surface area (Å²) in [5.74, 6) is 0.0499. The van der Waals surface area contributed by atoms with Crippen molar-refractivity contribution in [3.05, 3.63) is 30.1 Å². The summed E-state index contributed by atoms with van der Waals surface area (Å²) in [5, 5.41) is 3.35. The number of halogens is 1. The molecule has 2 aliphatic rings. The molecule has 2 fully saturated rings. The van der Waals surface area contributed by atoms with Gasteiger partial charge in [0, 0.05) is 25.0 Å². The fourth-order valence-electron chi connectivity index (χ4n) is 2.90. The molecule has 4 nitrogen and oxygen atoms in total. The van der Waals surface area contributed by atoms with E-state index in [1.807, 2.05) is 0 Å². The van der Waals surface area contributed by atoms with Crippen molar-refractivity contribution in [1.82, 2.24) is 10.2 Å². The maximum absolute atomic E-state index is 12.8. The van der Waals surface area contributed by atoms with E-state index in [4.69, 9.17) is 4.74 Å². The lowest BCUT2D eigenvalue weighted by atomic mass is 9.87. The number of nitrogens with zero attached hydrogens (tertiary/aromatic N) is 1. The third-order valence-corrected chi connectivity index (χ3v) is 4.05. The van der Waals surface area contributed by atoms with Gasteiger partial charge < -0.3 is 15.0 Å². The van der Waals surface area contributed by atoms with Gasteiger partial charge in [-0.1, -0.05) is 0 Å². The highest BCUT2D eigenvalue weighted by Gasteiger charge is 2.42. The largest absolute Gasteiger partial charge is 0.415 e. The Morgan fingerprint density at radius 2 is 2.11 bits per heavy atom. The Kier molecular flexibility index (Phi) is 3.14. The first-order valence-electron chi connectivity index (χ1n) is 6.60. The van der Waals surface area contributed by atoms with Crippen LogP contribution in [0.1, 0.15) is 12.8 Å². The fraction of sp³-hybridized carbons (Fsp3) is 0.500. The molecule has 1 unspecified atom stereocenters. The number of benzene rings is 1. The number of ether oxygens (including phenoxy) is 1. The molecule has 1 aromatic rings. The second-order valence-corrected chi connectivity index (χ2v) is 5.42. The molecule has 2 heterocycles.